The monoisotopic (exact) mass is 682 g/mol. The topological polar surface area (TPSA) is 207 Å². The van der Waals surface area contributed by atoms with Gasteiger partial charge in [0.25, 0.3) is 17.7 Å². The normalized spacial score (nSPS) is 13.7. The number of likely N-dealkylation sites (tertiary alicyclic amines) is 1. The Balaban J connectivity index is 1.11. The van der Waals surface area contributed by atoms with Gasteiger partial charge in [-0.15, -0.1) is 0 Å². The molecule has 0 spiro atoms. The van der Waals surface area contributed by atoms with Crippen LogP contribution in [0.15, 0.2) is 67.0 Å². The van der Waals surface area contributed by atoms with Crippen LogP contribution in [0.25, 0.3) is 10.9 Å². The average molecular weight is 683 g/mol. The molecule has 0 unspecified atom stereocenters. The number of nitrogens with two attached hydrogens (primary N) is 1. The molecule has 2 aromatic heterocycles. The Morgan fingerprint density at radius 3 is 2.56 bits per heavy atom. The van der Waals surface area contributed by atoms with E-state index in [9.17, 15) is 24.0 Å². The van der Waals surface area contributed by atoms with Crippen molar-refractivity contribution in [2.45, 2.75) is 32.4 Å². The summed E-state index contributed by atoms with van der Waals surface area (Å²) in [6.07, 6.45) is 3.79. The van der Waals surface area contributed by atoms with Crippen molar-refractivity contribution in [1.82, 2.24) is 30.8 Å². The van der Waals surface area contributed by atoms with E-state index in [0.717, 1.165) is 11.1 Å². The number of carbonyl (C=O) groups excluding carboxylic acids is 5. The van der Waals surface area contributed by atoms with E-state index in [0.29, 0.717) is 58.7 Å². The van der Waals surface area contributed by atoms with Crippen LogP contribution >= 0.6 is 0 Å². The molecule has 1 aliphatic rings. The fourth-order valence-electron chi connectivity index (χ4n) is 5.55. The summed E-state index contributed by atoms with van der Waals surface area (Å²) < 4.78 is 11.1. The van der Waals surface area contributed by atoms with E-state index in [4.69, 9.17) is 15.3 Å². The van der Waals surface area contributed by atoms with Crippen LogP contribution in [0.3, 0.4) is 0 Å². The van der Waals surface area contributed by atoms with Gasteiger partial charge in [0.05, 0.1) is 36.8 Å². The molecule has 0 aliphatic carbocycles. The number of methoxy groups -OCH3 is 1. The second-order valence-corrected chi connectivity index (χ2v) is 11.5. The number of fused-ring (bicyclic) bond motifs is 1. The molecule has 6 N–H and O–H groups in total. The first-order valence-electron chi connectivity index (χ1n) is 15.9. The van der Waals surface area contributed by atoms with Gasteiger partial charge in [0.1, 0.15) is 30.0 Å². The zero-order valence-corrected chi connectivity index (χ0v) is 27.7. The molecule has 260 valence electrons. The first kappa shape index (κ1) is 35.2. The number of hydrogen-bond donors (Lipinski definition) is 5. The number of hydrogen-bond acceptors (Lipinski definition) is 11. The number of hydrazine groups is 1. The fraction of sp³-hybridized carbons (Fsp3) is 0.286. The van der Waals surface area contributed by atoms with Gasteiger partial charge >= 0.3 is 0 Å². The van der Waals surface area contributed by atoms with Gasteiger partial charge in [-0.25, -0.2) is 10.8 Å². The van der Waals surface area contributed by atoms with Gasteiger partial charge in [-0.3, -0.25) is 29.0 Å². The standard InChI is InChI=1S/C35H38N8O7/c1-21-5-6-22(16-29(21)49-2)18-40-35(48)32(45)28-4-3-14-43(28)31(44)20-41-34(47)26-11-12-37-27-17-24(8-9-25(26)27)50-15-13-38-33(46)23-7-10-30(42-36)39-19-23/h5-12,16-17,19,28H,3-4,13-15,18,20,36H2,1-2H3,(H,38,46)(H,39,42)(H,40,48)(H,41,47)/t28-/m0/s1. The lowest BCUT2D eigenvalue weighted by molar-refractivity contribution is -0.144. The summed E-state index contributed by atoms with van der Waals surface area (Å²) in [4.78, 5) is 74.0. The van der Waals surface area contributed by atoms with Crippen molar-refractivity contribution in [1.29, 1.82) is 0 Å². The third-order valence-corrected chi connectivity index (χ3v) is 8.21. The number of ketones is 1. The Labute approximate surface area is 287 Å². The van der Waals surface area contributed by atoms with Crippen LogP contribution in [0.1, 0.15) is 44.7 Å². The smallest absolute Gasteiger partial charge is 0.289 e. The van der Waals surface area contributed by atoms with E-state index in [1.54, 1.807) is 49.6 Å². The summed E-state index contributed by atoms with van der Waals surface area (Å²) in [7, 11) is 1.56. The highest BCUT2D eigenvalue weighted by Gasteiger charge is 2.37. The molecule has 0 bridgehead atoms. The molecule has 0 radical (unpaired) electrons. The van der Waals surface area contributed by atoms with Gasteiger partial charge in [0.15, 0.2) is 0 Å². The van der Waals surface area contributed by atoms with Crippen molar-refractivity contribution >= 4 is 46.1 Å². The van der Waals surface area contributed by atoms with Crippen molar-refractivity contribution in [2.24, 2.45) is 5.84 Å². The Kier molecular flexibility index (Phi) is 11.5. The molecule has 1 saturated heterocycles. The number of aromatic nitrogens is 2. The number of aryl methyl sites for hydroxylation is 1. The van der Waals surface area contributed by atoms with Gasteiger partial charge in [-0.2, -0.15) is 0 Å². The minimum atomic E-state index is -0.905. The average Bonchev–Trinajstić information content (AvgIpc) is 3.64. The number of benzene rings is 2. The minimum Gasteiger partial charge on any atom is -0.496 e. The molecular weight excluding hydrogens is 644 g/mol. The summed E-state index contributed by atoms with van der Waals surface area (Å²) in [6.45, 7) is 2.39. The second-order valence-electron chi connectivity index (χ2n) is 11.5. The number of amides is 4. The first-order chi connectivity index (χ1) is 24.2. The van der Waals surface area contributed by atoms with E-state index in [-0.39, 0.29) is 32.1 Å². The lowest BCUT2D eigenvalue weighted by Crippen LogP contribution is -2.49. The Hall–Kier alpha value is -6.09. The van der Waals surface area contributed by atoms with Gasteiger partial charge < -0.3 is 35.7 Å². The molecule has 3 heterocycles. The predicted octanol–water partition coefficient (Wildman–Crippen LogP) is 1.65. The molecule has 0 saturated carbocycles. The molecule has 4 amide bonds. The summed E-state index contributed by atoms with van der Waals surface area (Å²) in [5.41, 5.74) is 5.28. The van der Waals surface area contributed by atoms with Crippen molar-refractivity contribution in [3.63, 3.8) is 0 Å². The number of carbonyl (C=O) groups is 5. The van der Waals surface area contributed by atoms with Crippen molar-refractivity contribution in [3.05, 3.63) is 89.2 Å². The quantitative estimate of drug-likeness (QED) is 0.0559. The molecule has 1 fully saturated rings. The summed E-state index contributed by atoms with van der Waals surface area (Å²) in [5.74, 6) is 4.13. The van der Waals surface area contributed by atoms with Crippen LogP contribution < -0.4 is 36.7 Å². The van der Waals surface area contributed by atoms with E-state index in [1.807, 2.05) is 19.1 Å². The van der Waals surface area contributed by atoms with Crippen LogP contribution in [-0.2, 0) is 20.9 Å². The van der Waals surface area contributed by atoms with Gasteiger partial charge in [-0.05, 0) is 67.3 Å². The molecule has 1 atom stereocenters. The van der Waals surface area contributed by atoms with Crippen molar-refractivity contribution in [2.75, 3.05) is 38.8 Å². The highest BCUT2D eigenvalue weighted by Crippen LogP contribution is 2.23. The largest absolute Gasteiger partial charge is 0.496 e. The lowest BCUT2D eigenvalue weighted by atomic mass is 10.1. The zero-order valence-electron chi connectivity index (χ0n) is 27.7. The van der Waals surface area contributed by atoms with Crippen LogP contribution in [0, 0.1) is 6.92 Å². The Morgan fingerprint density at radius 1 is 0.960 bits per heavy atom. The molecule has 5 rings (SSSR count). The highest BCUT2D eigenvalue weighted by atomic mass is 16.5. The molecular formula is C35H38N8O7. The number of nitrogen functional groups attached to an aromatic ring is 1. The van der Waals surface area contributed by atoms with Crippen LogP contribution in [0.5, 0.6) is 11.5 Å². The van der Waals surface area contributed by atoms with E-state index in [2.05, 4.69) is 31.3 Å². The van der Waals surface area contributed by atoms with Crippen molar-refractivity contribution in [3.8, 4) is 11.5 Å². The van der Waals surface area contributed by atoms with Crippen LogP contribution in [-0.4, -0.2) is 83.7 Å². The molecule has 15 heteroatoms. The third-order valence-electron chi connectivity index (χ3n) is 8.21. The number of nitrogens with zero attached hydrogens (tertiary/aromatic N) is 3. The van der Waals surface area contributed by atoms with E-state index < -0.39 is 29.5 Å². The van der Waals surface area contributed by atoms with E-state index in [1.165, 1.54) is 17.3 Å². The van der Waals surface area contributed by atoms with Gasteiger partial charge in [0.2, 0.25) is 11.7 Å². The lowest BCUT2D eigenvalue weighted by Gasteiger charge is -2.23. The number of Topliss-reactive ketones (excluding diaryl/α,β-unsaturated/α-hetero) is 1. The summed E-state index contributed by atoms with van der Waals surface area (Å²) in [5, 5.41) is 8.56. The van der Waals surface area contributed by atoms with Gasteiger partial charge in [-0.1, -0.05) is 12.1 Å². The maximum Gasteiger partial charge on any atom is 0.289 e. The molecule has 2 aromatic carbocycles. The Morgan fingerprint density at radius 2 is 1.80 bits per heavy atom. The number of pyridine rings is 2. The van der Waals surface area contributed by atoms with Crippen molar-refractivity contribution < 1.29 is 33.4 Å². The fourth-order valence-corrected chi connectivity index (χ4v) is 5.55. The summed E-state index contributed by atoms with van der Waals surface area (Å²) >= 11 is 0. The highest BCUT2D eigenvalue weighted by molar-refractivity contribution is 6.38. The van der Waals surface area contributed by atoms with Gasteiger partial charge in [0, 0.05) is 36.9 Å². The SMILES string of the molecule is COc1cc(CNC(=O)C(=O)[C@@H]2CCCN2C(=O)CNC(=O)c2ccnc3cc(OCCNC(=O)c4ccc(NN)nc4)ccc23)ccc1C. The third kappa shape index (κ3) is 8.49. The number of anilines is 1. The number of nitrogens with one attached hydrogen (secondary N) is 4. The molecule has 15 nitrogen and oxygen atoms in total. The predicted molar refractivity (Wildman–Crippen MR) is 183 cm³/mol. The van der Waals surface area contributed by atoms with E-state index >= 15 is 0 Å². The minimum absolute atomic E-state index is 0.131. The summed E-state index contributed by atoms with van der Waals surface area (Å²) in [6, 6.07) is 14.3. The first-order valence-corrected chi connectivity index (χ1v) is 15.9. The maximum absolute atomic E-state index is 13.2. The second kappa shape index (κ2) is 16.3. The number of rotatable bonds is 14. The Bertz CT molecular complexity index is 1900. The maximum atomic E-state index is 13.2. The molecule has 1 aliphatic heterocycles. The molecule has 50 heavy (non-hydrogen) atoms. The number of ether oxygens (including phenoxy) is 2. The van der Waals surface area contributed by atoms with Crippen LogP contribution in [0.2, 0.25) is 0 Å². The zero-order chi connectivity index (χ0) is 35.6. The molecule has 4 aromatic rings. The van der Waals surface area contributed by atoms with Crippen LogP contribution in [0.4, 0.5) is 5.82 Å².